The van der Waals surface area contributed by atoms with Gasteiger partial charge in [0.1, 0.15) is 9.71 Å². The molecule has 0 fully saturated rings. The number of nitrogen functional groups attached to an aromatic ring is 1. The number of carbonyl (C=O) groups excluding carboxylic acids is 1. The summed E-state index contributed by atoms with van der Waals surface area (Å²) in [6.45, 7) is 2.12. The smallest absolute Gasteiger partial charge is 0.267 e. The maximum Gasteiger partial charge on any atom is 0.267 e. The van der Waals surface area contributed by atoms with Crippen LogP contribution in [0.3, 0.4) is 0 Å². The second-order valence-electron chi connectivity index (χ2n) is 6.13. The zero-order valence-corrected chi connectivity index (χ0v) is 16.4. The maximum atomic E-state index is 12.6. The Morgan fingerprint density at radius 3 is 2.52 bits per heavy atom. The molecular formula is C18H20N4O3S2. The number of aryl methyl sites for hydroxylation is 1. The summed E-state index contributed by atoms with van der Waals surface area (Å²) in [5.74, 6) is -0.367. The van der Waals surface area contributed by atoms with Gasteiger partial charge in [0, 0.05) is 16.8 Å². The van der Waals surface area contributed by atoms with Crippen LogP contribution in [0.1, 0.15) is 35.1 Å². The van der Waals surface area contributed by atoms with E-state index in [0.29, 0.717) is 16.3 Å². The molecule has 0 spiro atoms. The van der Waals surface area contributed by atoms with Gasteiger partial charge in [0.25, 0.3) is 5.91 Å². The number of hydrogen-bond donors (Lipinski definition) is 3. The average Bonchev–Trinajstić information content (AvgIpc) is 2.96. The Morgan fingerprint density at radius 1 is 1.19 bits per heavy atom. The molecule has 27 heavy (non-hydrogen) atoms. The number of nitrogens with zero attached hydrogens (tertiary/aromatic N) is 1. The van der Waals surface area contributed by atoms with Gasteiger partial charge in [-0.05, 0) is 49.2 Å². The van der Waals surface area contributed by atoms with Crippen molar-refractivity contribution in [2.45, 2.75) is 31.1 Å². The van der Waals surface area contributed by atoms with E-state index < -0.39 is 10.0 Å². The molecule has 142 valence electrons. The predicted octanol–water partition coefficient (Wildman–Crippen LogP) is 3.12. The summed E-state index contributed by atoms with van der Waals surface area (Å²) in [5.41, 5.74) is 7.96. The predicted molar refractivity (Wildman–Crippen MR) is 108 cm³/mol. The highest BCUT2D eigenvalue weighted by Crippen LogP contribution is 2.33. The Labute approximate surface area is 161 Å². The molecule has 1 aromatic carbocycles. The largest absolute Gasteiger partial charge is 0.397 e. The van der Waals surface area contributed by atoms with Gasteiger partial charge in [-0.2, -0.15) is 0 Å². The molecule has 2 aromatic heterocycles. The van der Waals surface area contributed by atoms with Gasteiger partial charge >= 0.3 is 0 Å². The van der Waals surface area contributed by atoms with Crippen molar-refractivity contribution in [3.63, 3.8) is 0 Å². The third-order valence-corrected chi connectivity index (χ3v) is 6.13. The van der Waals surface area contributed by atoms with Gasteiger partial charge < -0.3 is 11.1 Å². The Bertz CT molecular complexity index is 1090. The third-order valence-electron chi connectivity index (χ3n) is 4.08. The first-order valence-corrected chi connectivity index (χ1v) is 10.8. The number of benzene rings is 1. The molecule has 0 aliphatic rings. The zero-order valence-electron chi connectivity index (χ0n) is 14.7. The summed E-state index contributed by atoms with van der Waals surface area (Å²) in [6.07, 6.45) is 3.04. The molecule has 2 heterocycles. The van der Waals surface area contributed by atoms with Gasteiger partial charge in [-0.25, -0.2) is 18.5 Å². The first-order chi connectivity index (χ1) is 12.8. The van der Waals surface area contributed by atoms with Crippen LogP contribution in [0.2, 0.25) is 0 Å². The number of thiophene rings is 1. The molecule has 0 bridgehead atoms. The first kappa shape index (κ1) is 19.3. The van der Waals surface area contributed by atoms with Crippen molar-refractivity contribution >= 4 is 48.9 Å². The summed E-state index contributed by atoms with van der Waals surface area (Å²) in [5, 5.41) is 8.54. The van der Waals surface area contributed by atoms with Crippen LogP contribution < -0.4 is 16.2 Å². The normalized spacial score (nSPS) is 11.6. The van der Waals surface area contributed by atoms with Crippen molar-refractivity contribution in [1.82, 2.24) is 4.98 Å². The van der Waals surface area contributed by atoms with Crippen molar-refractivity contribution < 1.29 is 13.2 Å². The highest BCUT2D eigenvalue weighted by molar-refractivity contribution is 7.89. The van der Waals surface area contributed by atoms with Crippen LogP contribution in [0.4, 0.5) is 11.4 Å². The maximum absolute atomic E-state index is 12.6. The van der Waals surface area contributed by atoms with Crippen LogP contribution >= 0.6 is 11.3 Å². The van der Waals surface area contributed by atoms with Gasteiger partial charge in [-0.3, -0.25) is 4.79 Å². The molecule has 0 aliphatic carbocycles. The number of nitrogens with two attached hydrogens (primary N) is 2. The number of fused-ring (bicyclic) bond motifs is 1. The number of sulfonamides is 1. The van der Waals surface area contributed by atoms with Crippen LogP contribution in [0.25, 0.3) is 10.2 Å². The molecular weight excluding hydrogens is 384 g/mol. The van der Waals surface area contributed by atoms with Gasteiger partial charge in [0.15, 0.2) is 0 Å². The number of anilines is 2. The standard InChI is InChI=1S/C18H20N4O3S2/c1-2-3-4-11-7-10-14-15(19)16(26-18(14)22-11)17(23)21-12-5-8-13(9-6-12)27(20,24)25/h5-10H,2-4,19H2,1H3,(H,21,23)(H2,20,24,25). The molecule has 0 saturated carbocycles. The van der Waals surface area contributed by atoms with Crippen molar-refractivity contribution in [3.05, 3.63) is 47.0 Å². The number of unbranched alkanes of at least 4 members (excludes halogenated alkanes) is 1. The Balaban J connectivity index is 1.83. The minimum atomic E-state index is -3.77. The molecule has 7 nitrogen and oxygen atoms in total. The fraction of sp³-hybridized carbons (Fsp3) is 0.222. The van der Waals surface area contributed by atoms with Crippen LogP contribution in [-0.4, -0.2) is 19.3 Å². The number of rotatable bonds is 6. The SMILES string of the molecule is CCCCc1ccc2c(N)c(C(=O)Nc3ccc(S(N)(=O)=O)cc3)sc2n1. The Morgan fingerprint density at radius 2 is 1.89 bits per heavy atom. The van der Waals surface area contributed by atoms with E-state index in [2.05, 4.69) is 17.2 Å². The second-order valence-corrected chi connectivity index (χ2v) is 8.69. The number of pyridine rings is 1. The first-order valence-electron chi connectivity index (χ1n) is 8.41. The lowest BCUT2D eigenvalue weighted by molar-refractivity contribution is 0.103. The summed E-state index contributed by atoms with van der Waals surface area (Å²) >= 11 is 1.24. The van der Waals surface area contributed by atoms with E-state index in [1.165, 1.54) is 35.6 Å². The molecule has 9 heteroatoms. The average molecular weight is 405 g/mol. The quantitative estimate of drug-likeness (QED) is 0.581. The van der Waals surface area contributed by atoms with E-state index in [9.17, 15) is 13.2 Å². The zero-order chi connectivity index (χ0) is 19.6. The van der Waals surface area contributed by atoms with Crippen LogP contribution in [0.5, 0.6) is 0 Å². The van der Waals surface area contributed by atoms with E-state index in [4.69, 9.17) is 10.9 Å². The highest BCUT2D eigenvalue weighted by Gasteiger charge is 2.18. The molecule has 0 aliphatic heterocycles. The molecule has 5 N–H and O–H groups in total. The Kier molecular flexibility index (Phi) is 5.45. The number of primary sulfonamides is 1. The van der Waals surface area contributed by atoms with E-state index in [1.807, 2.05) is 12.1 Å². The van der Waals surface area contributed by atoms with E-state index in [0.717, 1.165) is 35.2 Å². The van der Waals surface area contributed by atoms with Gasteiger partial charge in [-0.1, -0.05) is 13.3 Å². The number of amides is 1. The van der Waals surface area contributed by atoms with Gasteiger partial charge in [-0.15, -0.1) is 11.3 Å². The molecule has 3 aromatic rings. The van der Waals surface area contributed by atoms with Gasteiger partial charge in [0.2, 0.25) is 10.0 Å². The van der Waals surface area contributed by atoms with Crippen molar-refractivity contribution in [2.24, 2.45) is 5.14 Å². The molecule has 3 rings (SSSR count). The molecule has 1 amide bonds. The van der Waals surface area contributed by atoms with Crippen molar-refractivity contribution in [3.8, 4) is 0 Å². The number of aromatic nitrogens is 1. The minimum Gasteiger partial charge on any atom is -0.397 e. The summed E-state index contributed by atoms with van der Waals surface area (Å²) in [7, 11) is -3.77. The molecule has 0 unspecified atom stereocenters. The summed E-state index contributed by atoms with van der Waals surface area (Å²) in [6, 6.07) is 9.46. The highest BCUT2D eigenvalue weighted by atomic mass is 32.2. The van der Waals surface area contributed by atoms with Crippen LogP contribution in [0, 0.1) is 0 Å². The van der Waals surface area contributed by atoms with Crippen molar-refractivity contribution in [1.29, 1.82) is 0 Å². The number of carbonyl (C=O) groups is 1. The molecule has 0 saturated heterocycles. The topological polar surface area (TPSA) is 128 Å². The van der Waals surface area contributed by atoms with Crippen LogP contribution in [0.15, 0.2) is 41.3 Å². The fourth-order valence-corrected chi connectivity index (χ4v) is 4.14. The summed E-state index contributed by atoms with van der Waals surface area (Å²) in [4.78, 5) is 18.3. The molecule has 0 radical (unpaired) electrons. The van der Waals surface area contributed by atoms with E-state index in [-0.39, 0.29) is 10.8 Å². The second kappa shape index (κ2) is 7.63. The number of nitrogens with one attached hydrogen (secondary N) is 1. The lowest BCUT2D eigenvalue weighted by Gasteiger charge is -2.05. The van der Waals surface area contributed by atoms with E-state index >= 15 is 0 Å². The van der Waals surface area contributed by atoms with E-state index in [1.54, 1.807) is 0 Å². The van der Waals surface area contributed by atoms with Crippen molar-refractivity contribution in [2.75, 3.05) is 11.1 Å². The Hall–Kier alpha value is -2.49. The number of hydrogen-bond acceptors (Lipinski definition) is 6. The monoisotopic (exact) mass is 404 g/mol. The molecule has 0 atom stereocenters. The minimum absolute atomic E-state index is 0.0225. The lowest BCUT2D eigenvalue weighted by Crippen LogP contribution is -2.13. The summed E-state index contributed by atoms with van der Waals surface area (Å²) < 4.78 is 22.6. The fourth-order valence-electron chi connectivity index (χ4n) is 2.62. The lowest BCUT2D eigenvalue weighted by atomic mass is 10.1. The van der Waals surface area contributed by atoms with Gasteiger partial charge in [0.05, 0.1) is 10.6 Å². The van der Waals surface area contributed by atoms with Crippen LogP contribution in [-0.2, 0) is 16.4 Å². The third kappa shape index (κ3) is 4.26.